The van der Waals surface area contributed by atoms with E-state index in [4.69, 9.17) is 9.47 Å². The fourth-order valence-electron chi connectivity index (χ4n) is 3.78. The number of halogens is 1. The van der Waals surface area contributed by atoms with Crippen molar-refractivity contribution in [2.75, 3.05) is 13.7 Å². The zero-order valence-corrected chi connectivity index (χ0v) is 17.7. The van der Waals surface area contributed by atoms with Crippen LogP contribution in [0.5, 0.6) is 11.8 Å². The van der Waals surface area contributed by atoms with Crippen LogP contribution in [-0.4, -0.2) is 33.4 Å². The average Bonchev–Trinajstić information content (AvgIpc) is 3.08. The Bertz CT molecular complexity index is 1220. The molecule has 4 rings (SSSR count). The van der Waals surface area contributed by atoms with Crippen LogP contribution in [0.3, 0.4) is 0 Å². The maximum atomic E-state index is 14.6. The molecule has 160 valence electrons. The highest BCUT2D eigenvalue weighted by atomic mass is 19.1. The van der Waals surface area contributed by atoms with Gasteiger partial charge in [-0.15, -0.1) is 0 Å². The summed E-state index contributed by atoms with van der Waals surface area (Å²) in [4.78, 5) is 8.54. The molecular formula is C24H24FN3O3. The van der Waals surface area contributed by atoms with E-state index in [2.05, 4.69) is 9.97 Å². The summed E-state index contributed by atoms with van der Waals surface area (Å²) >= 11 is 0. The van der Waals surface area contributed by atoms with Gasteiger partial charge in [0.25, 0.3) is 0 Å². The van der Waals surface area contributed by atoms with Gasteiger partial charge in [0.15, 0.2) is 0 Å². The largest absolute Gasteiger partial charge is 0.497 e. The third-order valence-electron chi connectivity index (χ3n) is 5.26. The van der Waals surface area contributed by atoms with Gasteiger partial charge in [0, 0.05) is 40.0 Å². The van der Waals surface area contributed by atoms with Crippen LogP contribution < -0.4 is 9.47 Å². The molecule has 0 fully saturated rings. The standard InChI is InChI=1S/C24H24FN3O3/c1-4-31-24-26-11-17(12-27-24)23-19-10-18(30-3)7-8-21(19)28(22(23)14-29)13-16-6-5-15(2)9-20(16)25/h5-12,29H,4,13-14H2,1-3H3. The second-order valence-electron chi connectivity index (χ2n) is 7.23. The number of benzene rings is 2. The van der Waals surface area contributed by atoms with Gasteiger partial charge >= 0.3 is 6.01 Å². The van der Waals surface area contributed by atoms with E-state index in [1.807, 2.05) is 42.7 Å². The second-order valence-corrected chi connectivity index (χ2v) is 7.23. The Morgan fingerprint density at radius 2 is 1.87 bits per heavy atom. The van der Waals surface area contributed by atoms with Crippen LogP contribution in [0, 0.1) is 12.7 Å². The average molecular weight is 421 g/mol. The number of rotatable bonds is 7. The Morgan fingerprint density at radius 1 is 1.10 bits per heavy atom. The minimum Gasteiger partial charge on any atom is -0.497 e. The third kappa shape index (κ3) is 3.96. The minimum atomic E-state index is -0.273. The predicted molar refractivity (Wildman–Crippen MR) is 117 cm³/mol. The molecule has 6 nitrogen and oxygen atoms in total. The highest BCUT2D eigenvalue weighted by molar-refractivity contribution is 5.98. The summed E-state index contributed by atoms with van der Waals surface area (Å²) in [5, 5.41) is 11.2. The number of methoxy groups -OCH3 is 1. The number of nitrogens with zero attached hydrogens (tertiary/aromatic N) is 3. The fourth-order valence-corrected chi connectivity index (χ4v) is 3.78. The molecule has 0 radical (unpaired) electrons. The van der Waals surface area contributed by atoms with Crippen LogP contribution in [-0.2, 0) is 13.2 Å². The van der Waals surface area contributed by atoms with Crippen molar-refractivity contribution in [2.45, 2.75) is 27.0 Å². The molecule has 0 saturated carbocycles. The maximum Gasteiger partial charge on any atom is 0.316 e. The van der Waals surface area contributed by atoms with Crippen molar-refractivity contribution in [1.82, 2.24) is 14.5 Å². The van der Waals surface area contributed by atoms with Crippen LogP contribution in [0.15, 0.2) is 48.8 Å². The zero-order chi connectivity index (χ0) is 22.0. The Kier molecular flexibility index (Phi) is 5.86. The Hall–Kier alpha value is -3.45. The van der Waals surface area contributed by atoms with Crippen LogP contribution in [0.25, 0.3) is 22.0 Å². The Labute approximate surface area is 179 Å². The number of ether oxygens (including phenoxy) is 2. The van der Waals surface area contributed by atoms with Crippen molar-refractivity contribution in [1.29, 1.82) is 0 Å². The molecular weight excluding hydrogens is 397 g/mol. The molecule has 1 N–H and O–H groups in total. The summed E-state index contributed by atoms with van der Waals surface area (Å²) in [5.41, 5.74) is 4.42. The minimum absolute atomic E-state index is 0.229. The molecule has 0 aliphatic rings. The zero-order valence-electron chi connectivity index (χ0n) is 17.7. The molecule has 0 atom stereocenters. The van der Waals surface area contributed by atoms with E-state index in [-0.39, 0.29) is 19.0 Å². The van der Waals surface area contributed by atoms with Crippen LogP contribution >= 0.6 is 0 Å². The Morgan fingerprint density at radius 3 is 2.52 bits per heavy atom. The monoisotopic (exact) mass is 421 g/mol. The smallest absolute Gasteiger partial charge is 0.316 e. The lowest BCUT2D eigenvalue weighted by Gasteiger charge is -2.12. The van der Waals surface area contributed by atoms with Gasteiger partial charge in [-0.3, -0.25) is 0 Å². The second kappa shape index (κ2) is 8.73. The SMILES string of the molecule is CCOc1ncc(-c2c(CO)n(Cc3ccc(C)cc3F)c3ccc(OC)cc23)cn1. The number of aliphatic hydroxyl groups is 1. The quantitative estimate of drug-likeness (QED) is 0.476. The molecule has 0 unspecified atom stereocenters. The van der Waals surface area contributed by atoms with Crippen LogP contribution in [0.2, 0.25) is 0 Å². The molecule has 7 heteroatoms. The fraction of sp³-hybridized carbons (Fsp3) is 0.250. The van der Waals surface area contributed by atoms with Crippen LogP contribution in [0.4, 0.5) is 4.39 Å². The highest BCUT2D eigenvalue weighted by Gasteiger charge is 2.20. The summed E-state index contributed by atoms with van der Waals surface area (Å²) in [7, 11) is 1.60. The van der Waals surface area contributed by atoms with E-state index in [9.17, 15) is 9.50 Å². The lowest BCUT2D eigenvalue weighted by atomic mass is 10.0. The van der Waals surface area contributed by atoms with Gasteiger partial charge in [-0.2, -0.15) is 0 Å². The molecule has 2 aromatic carbocycles. The number of hydrogen-bond donors (Lipinski definition) is 1. The molecule has 0 amide bonds. The maximum absolute atomic E-state index is 14.6. The van der Waals surface area contributed by atoms with E-state index in [1.165, 1.54) is 6.07 Å². The first-order valence-corrected chi connectivity index (χ1v) is 10.1. The number of aliphatic hydroxyl groups excluding tert-OH is 1. The lowest BCUT2D eigenvalue weighted by molar-refractivity contribution is 0.272. The van der Waals surface area contributed by atoms with E-state index in [0.717, 1.165) is 27.6 Å². The van der Waals surface area contributed by atoms with Gasteiger partial charge in [0.2, 0.25) is 0 Å². The summed E-state index contributed by atoms with van der Waals surface area (Å²) in [6, 6.07) is 11.1. The molecule has 4 aromatic rings. The predicted octanol–water partition coefficient (Wildman–Crippen LogP) is 4.49. The molecule has 2 aromatic heterocycles. The van der Waals surface area contributed by atoms with Gasteiger partial charge < -0.3 is 19.1 Å². The van der Waals surface area contributed by atoms with Crippen molar-refractivity contribution in [2.24, 2.45) is 0 Å². The summed E-state index contributed by atoms with van der Waals surface area (Å²) in [6.07, 6.45) is 3.34. The summed E-state index contributed by atoms with van der Waals surface area (Å²) < 4.78 is 27.3. The van der Waals surface area contributed by atoms with Crippen molar-refractivity contribution in [3.63, 3.8) is 0 Å². The van der Waals surface area contributed by atoms with Gasteiger partial charge in [-0.25, -0.2) is 14.4 Å². The molecule has 0 bridgehead atoms. The van der Waals surface area contributed by atoms with Gasteiger partial charge in [0.05, 0.1) is 32.6 Å². The number of fused-ring (bicyclic) bond motifs is 1. The van der Waals surface area contributed by atoms with Crippen molar-refractivity contribution in [3.05, 3.63) is 71.4 Å². The first-order chi connectivity index (χ1) is 15.0. The molecule has 31 heavy (non-hydrogen) atoms. The van der Waals surface area contributed by atoms with E-state index < -0.39 is 0 Å². The number of hydrogen-bond acceptors (Lipinski definition) is 5. The summed E-state index contributed by atoms with van der Waals surface area (Å²) in [6.45, 7) is 4.24. The molecule has 0 spiro atoms. The number of aromatic nitrogens is 3. The van der Waals surface area contributed by atoms with E-state index in [0.29, 0.717) is 29.6 Å². The van der Waals surface area contributed by atoms with Gasteiger partial charge in [0.1, 0.15) is 11.6 Å². The molecule has 2 heterocycles. The normalized spacial score (nSPS) is 11.1. The van der Waals surface area contributed by atoms with E-state index in [1.54, 1.807) is 25.6 Å². The first kappa shape index (κ1) is 20.8. The van der Waals surface area contributed by atoms with Gasteiger partial charge in [-0.1, -0.05) is 12.1 Å². The van der Waals surface area contributed by atoms with Crippen molar-refractivity contribution < 1.29 is 19.0 Å². The number of aryl methyl sites for hydroxylation is 1. The highest BCUT2D eigenvalue weighted by Crippen LogP contribution is 2.37. The molecule has 0 aliphatic carbocycles. The Balaban J connectivity index is 1.92. The third-order valence-corrected chi connectivity index (χ3v) is 5.26. The first-order valence-electron chi connectivity index (χ1n) is 10.1. The van der Waals surface area contributed by atoms with Crippen LogP contribution in [0.1, 0.15) is 23.7 Å². The van der Waals surface area contributed by atoms with Gasteiger partial charge in [-0.05, 0) is 43.7 Å². The van der Waals surface area contributed by atoms with Crippen molar-refractivity contribution >= 4 is 10.9 Å². The topological polar surface area (TPSA) is 69.4 Å². The lowest BCUT2D eigenvalue weighted by Crippen LogP contribution is -2.07. The van der Waals surface area contributed by atoms with Crippen molar-refractivity contribution in [3.8, 4) is 22.9 Å². The molecule has 0 saturated heterocycles. The van der Waals surface area contributed by atoms with E-state index >= 15 is 0 Å². The molecule has 0 aliphatic heterocycles. The summed E-state index contributed by atoms with van der Waals surface area (Å²) in [5.74, 6) is 0.411.